The maximum atomic E-state index is 5.82. The zero-order valence-corrected chi connectivity index (χ0v) is 14.0. The lowest BCUT2D eigenvalue weighted by Crippen LogP contribution is -2.17. The monoisotopic (exact) mass is 295 g/mol. The summed E-state index contributed by atoms with van der Waals surface area (Å²) in [7, 11) is 4.10. The molecule has 0 unspecified atom stereocenters. The lowest BCUT2D eigenvalue weighted by Gasteiger charge is -2.15. The Morgan fingerprint density at radius 3 is 2.18 bits per heavy atom. The molecule has 22 heavy (non-hydrogen) atoms. The van der Waals surface area contributed by atoms with Gasteiger partial charge in [0.25, 0.3) is 0 Å². The predicted molar refractivity (Wildman–Crippen MR) is 93.9 cm³/mol. The maximum Gasteiger partial charge on any atom is 0.1000 e. The van der Waals surface area contributed by atoms with Crippen LogP contribution < -0.4 is 0 Å². The van der Waals surface area contributed by atoms with Gasteiger partial charge in [-0.25, -0.2) is 0 Å². The zero-order chi connectivity index (χ0) is 15.9. The van der Waals surface area contributed by atoms with Crippen LogP contribution >= 0.6 is 0 Å². The van der Waals surface area contributed by atoms with Crippen molar-refractivity contribution in [2.24, 2.45) is 0 Å². The van der Waals surface area contributed by atoms with Gasteiger partial charge in [-0.1, -0.05) is 48.5 Å². The van der Waals surface area contributed by atoms with E-state index in [1.165, 1.54) is 22.3 Å². The van der Waals surface area contributed by atoms with Crippen LogP contribution in [0.3, 0.4) is 0 Å². The van der Waals surface area contributed by atoms with Crippen molar-refractivity contribution in [3.8, 4) is 0 Å². The molecule has 0 atom stereocenters. The lowest BCUT2D eigenvalue weighted by molar-refractivity contribution is 0.213. The van der Waals surface area contributed by atoms with E-state index in [1.807, 2.05) is 12.3 Å². The molecule has 0 saturated heterocycles. The van der Waals surface area contributed by atoms with Gasteiger partial charge in [0.15, 0.2) is 0 Å². The molecule has 0 bridgehead atoms. The Labute approximate surface area is 134 Å². The quantitative estimate of drug-likeness (QED) is 0.583. The van der Waals surface area contributed by atoms with Crippen molar-refractivity contribution in [3.63, 3.8) is 0 Å². The Morgan fingerprint density at radius 1 is 0.955 bits per heavy atom. The molecule has 0 spiro atoms. The maximum absolute atomic E-state index is 5.82. The summed E-state index contributed by atoms with van der Waals surface area (Å²) < 4.78 is 5.82. The summed E-state index contributed by atoms with van der Waals surface area (Å²) in [5, 5.41) is 0. The Balaban J connectivity index is 2.36. The van der Waals surface area contributed by atoms with Crippen LogP contribution in [0.2, 0.25) is 0 Å². The number of rotatable bonds is 6. The molecule has 0 amide bonds. The number of aryl methyl sites for hydroxylation is 2. The van der Waals surface area contributed by atoms with Crippen molar-refractivity contribution in [3.05, 3.63) is 77.0 Å². The normalized spacial score (nSPS) is 11.8. The molecule has 0 saturated carbocycles. The van der Waals surface area contributed by atoms with E-state index in [0.29, 0.717) is 6.61 Å². The van der Waals surface area contributed by atoms with Gasteiger partial charge < -0.3 is 9.64 Å². The van der Waals surface area contributed by atoms with Crippen molar-refractivity contribution in [1.29, 1.82) is 0 Å². The van der Waals surface area contributed by atoms with Crippen LogP contribution in [-0.2, 0) is 4.74 Å². The third-order valence-corrected chi connectivity index (χ3v) is 3.69. The highest BCUT2D eigenvalue weighted by Crippen LogP contribution is 2.28. The van der Waals surface area contributed by atoms with Crippen molar-refractivity contribution < 1.29 is 4.74 Å². The van der Waals surface area contributed by atoms with Crippen LogP contribution in [0.1, 0.15) is 22.3 Å². The third kappa shape index (κ3) is 4.22. The molecule has 2 aromatic carbocycles. The fourth-order valence-electron chi connectivity index (χ4n) is 2.51. The van der Waals surface area contributed by atoms with E-state index >= 15 is 0 Å². The second-order valence-electron chi connectivity index (χ2n) is 5.84. The van der Waals surface area contributed by atoms with Gasteiger partial charge in [-0.2, -0.15) is 0 Å². The standard InChI is InChI=1S/C20H25NO/c1-16-9-8-10-17(2)20(16)19(15-22-14-13-21(3)4)18-11-6-5-7-12-18/h5-12,15H,13-14H2,1-4H3/b19-15+. The largest absolute Gasteiger partial charge is 0.499 e. The van der Waals surface area contributed by atoms with Gasteiger partial charge in [-0.3, -0.25) is 0 Å². The highest BCUT2D eigenvalue weighted by Gasteiger charge is 2.11. The van der Waals surface area contributed by atoms with Gasteiger partial charge in [0.1, 0.15) is 0 Å². The van der Waals surface area contributed by atoms with E-state index < -0.39 is 0 Å². The average molecular weight is 295 g/mol. The predicted octanol–water partition coefficient (Wildman–Crippen LogP) is 4.27. The van der Waals surface area contributed by atoms with Crippen molar-refractivity contribution >= 4 is 5.57 Å². The number of hydrogen-bond donors (Lipinski definition) is 0. The molecule has 2 nitrogen and oxygen atoms in total. The second kappa shape index (κ2) is 7.81. The van der Waals surface area contributed by atoms with Crippen LogP contribution in [0, 0.1) is 13.8 Å². The molecule has 0 N–H and O–H groups in total. The molecule has 116 valence electrons. The molecular weight excluding hydrogens is 270 g/mol. The molecule has 0 heterocycles. The number of ether oxygens (including phenoxy) is 1. The average Bonchev–Trinajstić information content (AvgIpc) is 2.50. The minimum absolute atomic E-state index is 0.689. The van der Waals surface area contributed by atoms with E-state index in [4.69, 9.17) is 4.74 Å². The van der Waals surface area contributed by atoms with Crippen molar-refractivity contribution in [1.82, 2.24) is 4.90 Å². The molecule has 0 aliphatic rings. The summed E-state index contributed by atoms with van der Waals surface area (Å²) in [6.07, 6.45) is 1.91. The van der Waals surface area contributed by atoms with E-state index in [1.54, 1.807) is 0 Å². The number of likely N-dealkylation sites (N-methyl/N-ethyl adjacent to an activating group) is 1. The van der Waals surface area contributed by atoms with E-state index in [2.05, 4.69) is 75.3 Å². The summed E-state index contributed by atoms with van der Waals surface area (Å²) >= 11 is 0. The molecule has 0 aliphatic carbocycles. The number of benzene rings is 2. The number of nitrogens with zero attached hydrogens (tertiary/aromatic N) is 1. The lowest BCUT2D eigenvalue weighted by atomic mass is 9.92. The Bertz CT molecular complexity index is 609. The Hall–Kier alpha value is -2.06. The van der Waals surface area contributed by atoms with Crippen LogP contribution in [0.25, 0.3) is 5.57 Å². The van der Waals surface area contributed by atoms with Gasteiger partial charge in [0.05, 0.1) is 12.9 Å². The van der Waals surface area contributed by atoms with Gasteiger partial charge >= 0.3 is 0 Å². The van der Waals surface area contributed by atoms with Gasteiger partial charge in [-0.05, 0) is 50.2 Å². The van der Waals surface area contributed by atoms with Gasteiger partial charge in [0.2, 0.25) is 0 Å². The minimum atomic E-state index is 0.689. The van der Waals surface area contributed by atoms with E-state index in [-0.39, 0.29) is 0 Å². The molecule has 0 fully saturated rings. The third-order valence-electron chi connectivity index (χ3n) is 3.69. The van der Waals surface area contributed by atoms with Crippen LogP contribution in [-0.4, -0.2) is 32.1 Å². The Morgan fingerprint density at radius 2 is 1.59 bits per heavy atom. The van der Waals surface area contributed by atoms with Gasteiger partial charge in [0, 0.05) is 12.1 Å². The summed E-state index contributed by atoms with van der Waals surface area (Å²) in [6, 6.07) is 16.8. The SMILES string of the molecule is Cc1cccc(C)c1/C(=C/OCCN(C)C)c1ccccc1. The highest BCUT2D eigenvalue weighted by atomic mass is 16.5. The molecule has 2 heteroatoms. The van der Waals surface area contributed by atoms with Crippen LogP contribution in [0.5, 0.6) is 0 Å². The fourth-order valence-corrected chi connectivity index (χ4v) is 2.51. The summed E-state index contributed by atoms with van der Waals surface area (Å²) in [4.78, 5) is 2.12. The highest BCUT2D eigenvalue weighted by molar-refractivity contribution is 5.82. The Kier molecular flexibility index (Phi) is 5.79. The molecular formula is C20H25NO. The minimum Gasteiger partial charge on any atom is -0.499 e. The topological polar surface area (TPSA) is 12.5 Å². The molecule has 2 aromatic rings. The van der Waals surface area contributed by atoms with Crippen molar-refractivity contribution in [2.45, 2.75) is 13.8 Å². The van der Waals surface area contributed by atoms with E-state index in [9.17, 15) is 0 Å². The second-order valence-corrected chi connectivity index (χ2v) is 5.84. The first-order valence-corrected chi connectivity index (χ1v) is 7.68. The fraction of sp³-hybridized carbons (Fsp3) is 0.300. The number of hydrogen-bond acceptors (Lipinski definition) is 2. The summed E-state index contributed by atoms with van der Waals surface area (Å²) in [6.45, 7) is 5.90. The molecule has 0 aliphatic heterocycles. The molecule has 0 radical (unpaired) electrons. The van der Waals surface area contributed by atoms with Crippen molar-refractivity contribution in [2.75, 3.05) is 27.2 Å². The van der Waals surface area contributed by atoms with Crippen LogP contribution in [0.4, 0.5) is 0 Å². The first-order chi connectivity index (χ1) is 10.6. The van der Waals surface area contributed by atoms with Crippen LogP contribution in [0.15, 0.2) is 54.8 Å². The first kappa shape index (κ1) is 16.3. The smallest absolute Gasteiger partial charge is 0.1000 e. The zero-order valence-electron chi connectivity index (χ0n) is 14.0. The first-order valence-electron chi connectivity index (χ1n) is 7.68. The molecule has 0 aromatic heterocycles. The summed E-state index contributed by atoms with van der Waals surface area (Å²) in [5.74, 6) is 0. The van der Waals surface area contributed by atoms with E-state index in [0.717, 1.165) is 12.1 Å². The molecule has 2 rings (SSSR count). The van der Waals surface area contributed by atoms with Gasteiger partial charge in [-0.15, -0.1) is 0 Å². The summed E-state index contributed by atoms with van der Waals surface area (Å²) in [5.41, 5.74) is 6.14.